The Morgan fingerprint density at radius 2 is 1.89 bits per heavy atom. The first kappa shape index (κ1) is 14.6. The maximum absolute atomic E-state index is 12.5. The van der Waals surface area contributed by atoms with E-state index in [1.54, 1.807) is 17.0 Å². The lowest BCUT2D eigenvalue weighted by Gasteiger charge is -2.35. The third-order valence-electron chi connectivity index (χ3n) is 3.64. The average Bonchev–Trinajstić information content (AvgIpc) is 2.25. The molecule has 100 valence electrons. The Hall–Kier alpha value is -1.51. The number of anilines is 1. The van der Waals surface area contributed by atoms with Crippen molar-refractivity contribution in [2.75, 3.05) is 12.8 Å². The molecule has 0 aliphatic rings. The summed E-state index contributed by atoms with van der Waals surface area (Å²) in [7, 11) is 1.86. The van der Waals surface area contributed by atoms with Crippen molar-refractivity contribution in [2.45, 2.75) is 40.7 Å². The van der Waals surface area contributed by atoms with Crippen LogP contribution in [0.3, 0.4) is 0 Å². The fourth-order valence-corrected chi connectivity index (χ4v) is 1.87. The van der Waals surface area contributed by atoms with Crippen molar-refractivity contribution in [3.63, 3.8) is 0 Å². The zero-order chi connectivity index (χ0) is 14.1. The van der Waals surface area contributed by atoms with Crippen molar-refractivity contribution in [3.05, 3.63) is 29.3 Å². The quantitative estimate of drug-likeness (QED) is 0.817. The summed E-state index contributed by atoms with van der Waals surface area (Å²) in [5, 5.41) is 0. The van der Waals surface area contributed by atoms with Crippen LogP contribution in [0.2, 0.25) is 0 Å². The number of hydrogen-bond acceptors (Lipinski definition) is 2. The van der Waals surface area contributed by atoms with Crippen molar-refractivity contribution in [3.8, 4) is 0 Å². The molecule has 1 atom stereocenters. The Morgan fingerprint density at radius 1 is 1.33 bits per heavy atom. The molecule has 1 aromatic carbocycles. The largest absolute Gasteiger partial charge is 0.399 e. The van der Waals surface area contributed by atoms with Crippen LogP contribution >= 0.6 is 0 Å². The molecule has 0 saturated carbocycles. The first-order valence-corrected chi connectivity index (χ1v) is 6.28. The molecule has 1 rings (SSSR count). The Kier molecular flexibility index (Phi) is 4.05. The second-order valence-corrected chi connectivity index (χ2v) is 6.03. The first-order chi connectivity index (χ1) is 8.14. The van der Waals surface area contributed by atoms with Gasteiger partial charge in [0.25, 0.3) is 5.91 Å². The van der Waals surface area contributed by atoms with Crippen LogP contribution < -0.4 is 5.73 Å². The number of benzene rings is 1. The van der Waals surface area contributed by atoms with Crippen LogP contribution in [-0.2, 0) is 0 Å². The van der Waals surface area contributed by atoms with Gasteiger partial charge in [-0.05, 0) is 43.0 Å². The maximum atomic E-state index is 12.5. The Balaban J connectivity index is 3.00. The molecule has 0 aromatic heterocycles. The fourth-order valence-electron chi connectivity index (χ4n) is 1.87. The Bertz CT molecular complexity index is 446. The van der Waals surface area contributed by atoms with Crippen LogP contribution in [-0.4, -0.2) is 23.9 Å². The molecule has 0 heterocycles. The van der Waals surface area contributed by atoms with E-state index in [1.165, 1.54) is 0 Å². The molecular formula is C15H24N2O. The number of nitrogens with two attached hydrogens (primary N) is 1. The van der Waals surface area contributed by atoms with Gasteiger partial charge in [0, 0.05) is 24.3 Å². The van der Waals surface area contributed by atoms with E-state index in [0.29, 0.717) is 5.69 Å². The van der Waals surface area contributed by atoms with Crippen LogP contribution in [0.4, 0.5) is 5.69 Å². The third kappa shape index (κ3) is 3.03. The molecule has 3 heteroatoms. The van der Waals surface area contributed by atoms with E-state index in [2.05, 4.69) is 27.7 Å². The van der Waals surface area contributed by atoms with Crippen LogP contribution in [0.5, 0.6) is 0 Å². The minimum atomic E-state index is 0.0509. The van der Waals surface area contributed by atoms with Gasteiger partial charge in [-0.2, -0.15) is 0 Å². The number of nitrogens with zero attached hydrogens (tertiary/aromatic N) is 1. The zero-order valence-electron chi connectivity index (χ0n) is 12.2. The van der Waals surface area contributed by atoms with Gasteiger partial charge in [-0.25, -0.2) is 0 Å². The lowest BCUT2D eigenvalue weighted by molar-refractivity contribution is 0.0628. The lowest BCUT2D eigenvalue weighted by atomic mass is 9.87. The second kappa shape index (κ2) is 5.01. The van der Waals surface area contributed by atoms with Crippen molar-refractivity contribution in [1.29, 1.82) is 0 Å². The second-order valence-electron chi connectivity index (χ2n) is 6.03. The van der Waals surface area contributed by atoms with Crippen LogP contribution in [0.15, 0.2) is 18.2 Å². The minimum absolute atomic E-state index is 0.0509. The smallest absolute Gasteiger partial charge is 0.254 e. The normalized spacial score (nSPS) is 13.2. The fraction of sp³-hybridized carbons (Fsp3) is 0.533. The number of carbonyl (C=O) groups is 1. The van der Waals surface area contributed by atoms with Crippen molar-refractivity contribution >= 4 is 11.6 Å². The molecule has 0 spiro atoms. The maximum Gasteiger partial charge on any atom is 0.254 e. The molecule has 3 nitrogen and oxygen atoms in total. The highest BCUT2D eigenvalue weighted by molar-refractivity contribution is 5.96. The Labute approximate surface area is 110 Å². The number of rotatable bonds is 2. The number of nitrogen functional groups attached to an aromatic ring is 1. The van der Waals surface area contributed by atoms with Gasteiger partial charge in [-0.15, -0.1) is 0 Å². The van der Waals surface area contributed by atoms with E-state index in [-0.39, 0.29) is 17.4 Å². The summed E-state index contributed by atoms with van der Waals surface area (Å²) in [6, 6.07) is 5.58. The van der Waals surface area contributed by atoms with Gasteiger partial charge in [0.2, 0.25) is 0 Å². The molecule has 0 radical (unpaired) electrons. The van der Waals surface area contributed by atoms with Crippen LogP contribution in [0.1, 0.15) is 43.6 Å². The van der Waals surface area contributed by atoms with E-state index in [9.17, 15) is 4.79 Å². The van der Waals surface area contributed by atoms with E-state index < -0.39 is 0 Å². The molecular weight excluding hydrogens is 224 g/mol. The molecule has 0 aliphatic carbocycles. The highest BCUT2D eigenvalue weighted by atomic mass is 16.2. The van der Waals surface area contributed by atoms with Gasteiger partial charge in [-0.3, -0.25) is 4.79 Å². The summed E-state index contributed by atoms with van der Waals surface area (Å²) >= 11 is 0. The van der Waals surface area contributed by atoms with Gasteiger partial charge in [0.1, 0.15) is 0 Å². The molecule has 0 fully saturated rings. The molecule has 0 bridgehead atoms. The highest BCUT2D eigenvalue weighted by Gasteiger charge is 2.28. The number of hydrogen-bond donors (Lipinski definition) is 1. The molecule has 1 amide bonds. The summed E-state index contributed by atoms with van der Waals surface area (Å²) in [6.45, 7) is 10.4. The number of carbonyl (C=O) groups excluding carboxylic acids is 1. The molecule has 0 saturated heterocycles. The van der Waals surface area contributed by atoms with Crippen molar-refractivity contribution < 1.29 is 4.79 Å². The predicted octanol–water partition coefficient (Wildman–Crippen LogP) is 3.08. The average molecular weight is 248 g/mol. The van der Waals surface area contributed by atoms with Crippen LogP contribution in [0, 0.1) is 12.3 Å². The summed E-state index contributed by atoms with van der Waals surface area (Å²) < 4.78 is 0. The molecule has 1 unspecified atom stereocenters. The summed E-state index contributed by atoms with van der Waals surface area (Å²) in [4.78, 5) is 14.3. The molecule has 2 N–H and O–H groups in total. The van der Waals surface area contributed by atoms with Crippen LogP contribution in [0.25, 0.3) is 0 Å². The SMILES string of the molecule is Cc1cc(N)ccc1C(=O)N(C)C(C)C(C)(C)C. The van der Waals surface area contributed by atoms with Crippen molar-refractivity contribution in [2.24, 2.45) is 5.41 Å². The molecule has 0 aliphatic heterocycles. The zero-order valence-corrected chi connectivity index (χ0v) is 12.2. The molecule has 1 aromatic rings. The standard InChI is InChI=1S/C15H24N2O/c1-10-9-12(16)7-8-13(10)14(18)17(6)11(2)15(3,4)5/h7-9,11H,16H2,1-6H3. The van der Waals surface area contributed by atoms with Gasteiger partial charge in [0.15, 0.2) is 0 Å². The molecule has 18 heavy (non-hydrogen) atoms. The lowest BCUT2D eigenvalue weighted by Crippen LogP contribution is -2.43. The van der Waals surface area contributed by atoms with E-state index in [0.717, 1.165) is 11.1 Å². The highest BCUT2D eigenvalue weighted by Crippen LogP contribution is 2.25. The summed E-state index contributed by atoms with van der Waals surface area (Å²) in [5.74, 6) is 0.0509. The van der Waals surface area contributed by atoms with Crippen molar-refractivity contribution in [1.82, 2.24) is 4.90 Å². The number of aryl methyl sites for hydroxylation is 1. The topological polar surface area (TPSA) is 46.3 Å². The van der Waals surface area contributed by atoms with Gasteiger partial charge in [0.05, 0.1) is 0 Å². The minimum Gasteiger partial charge on any atom is -0.399 e. The van der Waals surface area contributed by atoms with E-state index in [1.807, 2.05) is 20.0 Å². The van der Waals surface area contributed by atoms with Gasteiger partial charge >= 0.3 is 0 Å². The Morgan fingerprint density at radius 3 is 2.33 bits per heavy atom. The third-order valence-corrected chi connectivity index (χ3v) is 3.64. The monoisotopic (exact) mass is 248 g/mol. The van der Waals surface area contributed by atoms with E-state index >= 15 is 0 Å². The summed E-state index contributed by atoms with van der Waals surface area (Å²) in [5.41, 5.74) is 8.11. The summed E-state index contributed by atoms with van der Waals surface area (Å²) in [6.07, 6.45) is 0. The van der Waals surface area contributed by atoms with Gasteiger partial charge in [-0.1, -0.05) is 20.8 Å². The number of amides is 1. The predicted molar refractivity (Wildman–Crippen MR) is 76.6 cm³/mol. The first-order valence-electron chi connectivity index (χ1n) is 6.28. The van der Waals surface area contributed by atoms with Gasteiger partial charge < -0.3 is 10.6 Å². The van der Waals surface area contributed by atoms with E-state index in [4.69, 9.17) is 5.73 Å².